The van der Waals surface area contributed by atoms with Crippen LogP contribution in [-0.2, 0) is 0 Å². The van der Waals surface area contributed by atoms with Crippen LogP contribution in [0.1, 0.15) is 45.5 Å². The van der Waals surface area contributed by atoms with E-state index in [2.05, 4.69) is 5.32 Å². The summed E-state index contributed by atoms with van der Waals surface area (Å²) in [6.07, 6.45) is 2.86. The van der Waals surface area contributed by atoms with Gasteiger partial charge in [-0.1, -0.05) is 60.2 Å². The first-order valence-corrected chi connectivity index (χ1v) is 13.6. The molecule has 1 N–H and O–H groups in total. The van der Waals surface area contributed by atoms with E-state index < -0.39 is 0 Å². The van der Waals surface area contributed by atoms with Crippen molar-refractivity contribution >= 4 is 34.8 Å². The van der Waals surface area contributed by atoms with E-state index in [-0.39, 0.29) is 11.8 Å². The Kier molecular flexibility index (Phi) is 9.76. The van der Waals surface area contributed by atoms with Crippen molar-refractivity contribution in [2.24, 2.45) is 0 Å². The number of carbonyl (C=O) groups is 2. The second kappa shape index (κ2) is 13.6. The van der Waals surface area contributed by atoms with Crippen molar-refractivity contribution in [3.8, 4) is 16.9 Å². The van der Waals surface area contributed by atoms with E-state index in [0.29, 0.717) is 40.7 Å². The summed E-state index contributed by atoms with van der Waals surface area (Å²) < 4.78 is 5.96. The van der Waals surface area contributed by atoms with Crippen LogP contribution in [0.25, 0.3) is 11.1 Å². The number of ether oxygens (including phenoxy) is 1. The standard InChI is InChI=1S/C33H33ClN2O3/c1-24-14-16-25(17-15-24)28-10-4-5-11-29(28)32(37)35-27-20-18-26(19-21-27)33(38)36(2)30-12-6-7-13-31(30)39-23-9-3-8-22-34/h4-7,10-21H,3,8-9,22-23H2,1-2H3,(H,35,37). The van der Waals surface area contributed by atoms with Crippen LogP contribution in [0.5, 0.6) is 5.75 Å². The summed E-state index contributed by atoms with van der Waals surface area (Å²) in [6.45, 7) is 2.60. The molecule has 0 aliphatic rings. The van der Waals surface area contributed by atoms with Crippen molar-refractivity contribution in [1.29, 1.82) is 0 Å². The molecule has 0 aliphatic heterocycles. The van der Waals surface area contributed by atoms with Crippen molar-refractivity contribution < 1.29 is 14.3 Å². The summed E-state index contributed by atoms with van der Waals surface area (Å²) >= 11 is 5.75. The first kappa shape index (κ1) is 27.9. The molecular weight excluding hydrogens is 508 g/mol. The van der Waals surface area contributed by atoms with Crippen LogP contribution in [0, 0.1) is 6.92 Å². The van der Waals surface area contributed by atoms with Gasteiger partial charge in [-0.3, -0.25) is 9.59 Å². The van der Waals surface area contributed by atoms with Crippen molar-refractivity contribution in [2.45, 2.75) is 26.2 Å². The zero-order valence-corrected chi connectivity index (χ0v) is 23.1. The van der Waals surface area contributed by atoms with Gasteiger partial charge in [0.05, 0.1) is 12.3 Å². The number of alkyl halides is 1. The summed E-state index contributed by atoms with van der Waals surface area (Å²) in [5.74, 6) is 0.933. The second-order valence-electron chi connectivity index (χ2n) is 9.37. The molecule has 39 heavy (non-hydrogen) atoms. The van der Waals surface area contributed by atoms with Gasteiger partial charge in [-0.05, 0) is 79.8 Å². The molecule has 6 heteroatoms. The first-order chi connectivity index (χ1) is 19.0. The summed E-state index contributed by atoms with van der Waals surface area (Å²) in [7, 11) is 1.73. The van der Waals surface area contributed by atoms with Crippen LogP contribution in [0.4, 0.5) is 11.4 Å². The molecule has 2 amide bonds. The van der Waals surface area contributed by atoms with Crippen LogP contribution >= 0.6 is 11.6 Å². The highest BCUT2D eigenvalue weighted by Crippen LogP contribution is 2.29. The quantitative estimate of drug-likeness (QED) is 0.155. The van der Waals surface area contributed by atoms with E-state index in [1.165, 1.54) is 0 Å². The molecule has 0 aliphatic carbocycles. The Labute approximate surface area is 235 Å². The lowest BCUT2D eigenvalue weighted by Crippen LogP contribution is -2.26. The lowest BCUT2D eigenvalue weighted by Gasteiger charge is -2.21. The molecule has 0 aromatic heterocycles. The van der Waals surface area contributed by atoms with Gasteiger partial charge in [0.1, 0.15) is 5.75 Å². The molecule has 200 valence electrons. The van der Waals surface area contributed by atoms with Crippen LogP contribution in [0.15, 0.2) is 97.1 Å². The third-order valence-electron chi connectivity index (χ3n) is 6.49. The predicted molar refractivity (Wildman–Crippen MR) is 160 cm³/mol. The van der Waals surface area contributed by atoms with Crippen molar-refractivity contribution in [2.75, 3.05) is 29.8 Å². The largest absolute Gasteiger partial charge is 0.491 e. The van der Waals surface area contributed by atoms with Crippen molar-refractivity contribution in [1.82, 2.24) is 0 Å². The number of aryl methyl sites for hydroxylation is 1. The number of amides is 2. The van der Waals surface area contributed by atoms with E-state index >= 15 is 0 Å². The fraction of sp³-hybridized carbons (Fsp3) is 0.212. The van der Waals surface area contributed by atoms with Gasteiger partial charge < -0.3 is 15.0 Å². The number of hydrogen-bond acceptors (Lipinski definition) is 3. The Morgan fingerprint density at radius 2 is 1.51 bits per heavy atom. The Bertz CT molecular complexity index is 1400. The van der Waals surface area contributed by atoms with Crippen LogP contribution in [0.3, 0.4) is 0 Å². The lowest BCUT2D eigenvalue weighted by atomic mass is 9.98. The molecule has 0 atom stereocenters. The number of anilines is 2. The van der Waals surface area contributed by atoms with E-state index in [1.54, 1.807) is 36.2 Å². The molecule has 0 saturated carbocycles. The zero-order chi connectivity index (χ0) is 27.6. The maximum atomic E-state index is 13.3. The minimum absolute atomic E-state index is 0.171. The van der Waals surface area contributed by atoms with Crippen LogP contribution in [0.2, 0.25) is 0 Å². The highest BCUT2D eigenvalue weighted by molar-refractivity contribution is 6.17. The number of para-hydroxylation sites is 2. The zero-order valence-electron chi connectivity index (χ0n) is 22.3. The second-order valence-corrected chi connectivity index (χ2v) is 9.75. The average molecular weight is 541 g/mol. The van der Waals surface area contributed by atoms with Crippen molar-refractivity contribution in [3.63, 3.8) is 0 Å². The average Bonchev–Trinajstić information content (AvgIpc) is 2.97. The number of hydrogen-bond donors (Lipinski definition) is 1. The van der Waals surface area contributed by atoms with E-state index in [0.717, 1.165) is 36.0 Å². The Morgan fingerprint density at radius 3 is 2.26 bits per heavy atom. The van der Waals surface area contributed by atoms with Gasteiger partial charge in [0, 0.05) is 29.7 Å². The molecule has 4 rings (SSSR count). The molecule has 0 saturated heterocycles. The molecule has 0 bridgehead atoms. The maximum absolute atomic E-state index is 13.3. The number of nitrogens with one attached hydrogen (secondary N) is 1. The first-order valence-electron chi connectivity index (χ1n) is 13.1. The molecule has 0 radical (unpaired) electrons. The third-order valence-corrected chi connectivity index (χ3v) is 6.76. The van der Waals surface area contributed by atoms with E-state index in [9.17, 15) is 9.59 Å². The van der Waals surface area contributed by atoms with E-state index in [4.69, 9.17) is 16.3 Å². The number of nitrogens with zero attached hydrogens (tertiary/aromatic N) is 1. The fourth-order valence-electron chi connectivity index (χ4n) is 4.28. The Hall–Kier alpha value is -4.09. The minimum Gasteiger partial charge on any atom is -0.491 e. The van der Waals surface area contributed by atoms with E-state index in [1.807, 2.05) is 79.7 Å². The molecule has 4 aromatic rings. The monoisotopic (exact) mass is 540 g/mol. The summed E-state index contributed by atoms with van der Waals surface area (Å²) in [6, 6.07) is 30.1. The number of rotatable bonds is 11. The van der Waals surface area contributed by atoms with Crippen molar-refractivity contribution in [3.05, 3.63) is 114 Å². The number of unbranched alkanes of at least 4 members (excludes halogenated alkanes) is 2. The van der Waals surface area contributed by atoms with Gasteiger partial charge in [0.25, 0.3) is 11.8 Å². The molecule has 0 heterocycles. The molecule has 0 spiro atoms. The lowest BCUT2D eigenvalue weighted by molar-refractivity contribution is 0.0990. The van der Waals surface area contributed by atoms with Gasteiger partial charge in [-0.2, -0.15) is 0 Å². The number of halogens is 1. The Morgan fingerprint density at radius 1 is 0.821 bits per heavy atom. The summed E-state index contributed by atoms with van der Waals surface area (Å²) in [5, 5.41) is 2.96. The highest BCUT2D eigenvalue weighted by Gasteiger charge is 2.18. The van der Waals surface area contributed by atoms with Gasteiger partial charge in [-0.15, -0.1) is 11.6 Å². The van der Waals surface area contributed by atoms with Crippen LogP contribution < -0.4 is 15.0 Å². The summed E-state index contributed by atoms with van der Waals surface area (Å²) in [4.78, 5) is 28.0. The molecular formula is C33H33ClN2O3. The predicted octanol–water partition coefficient (Wildman–Crippen LogP) is 7.98. The number of benzene rings is 4. The highest BCUT2D eigenvalue weighted by atomic mass is 35.5. The topological polar surface area (TPSA) is 58.6 Å². The Balaban J connectivity index is 1.43. The van der Waals surface area contributed by atoms with Gasteiger partial charge in [0.2, 0.25) is 0 Å². The molecule has 4 aromatic carbocycles. The normalized spacial score (nSPS) is 10.6. The number of carbonyl (C=O) groups excluding carboxylic acids is 2. The summed E-state index contributed by atoms with van der Waals surface area (Å²) in [5.41, 5.74) is 5.41. The SMILES string of the molecule is Cc1ccc(-c2ccccc2C(=O)Nc2ccc(C(=O)N(C)c3ccccc3OCCCCCCl)cc2)cc1. The third kappa shape index (κ3) is 7.27. The van der Waals surface area contributed by atoms with Gasteiger partial charge in [-0.25, -0.2) is 0 Å². The molecule has 5 nitrogen and oxygen atoms in total. The molecule has 0 unspecified atom stereocenters. The molecule has 0 fully saturated rings. The van der Waals surface area contributed by atoms with Crippen LogP contribution in [-0.4, -0.2) is 31.3 Å². The van der Waals surface area contributed by atoms with Gasteiger partial charge in [0.15, 0.2) is 0 Å². The van der Waals surface area contributed by atoms with Gasteiger partial charge >= 0.3 is 0 Å². The maximum Gasteiger partial charge on any atom is 0.258 e. The minimum atomic E-state index is -0.209. The smallest absolute Gasteiger partial charge is 0.258 e. The fourth-order valence-corrected chi connectivity index (χ4v) is 4.46.